The van der Waals surface area contributed by atoms with E-state index in [-0.39, 0.29) is 17.9 Å². The van der Waals surface area contributed by atoms with Gasteiger partial charge >= 0.3 is 5.97 Å². The van der Waals surface area contributed by atoms with E-state index in [4.69, 9.17) is 10.5 Å². The Kier molecular flexibility index (Phi) is 3.29. The van der Waals surface area contributed by atoms with Gasteiger partial charge in [-0.05, 0) is 25.7 Å². The zero-order valence-corrected chi connectivity index (χ0v) is 12.7. The third-order valence-electron chi connectivity index (χ3n) is 5.86. The fourth-order valence-corrected chi connectivity index (χ4v) is 4.49. The van der Waals surface area contributed by atoms with Crippen LogP contribution in [0.15, 0.2) is 0 Å². The molecule has 0 aromatic rings. The van der Waals surface area contributed by atoms with Crippen LogP contribution in [0.3, 0.4) is 0 Å². The molecule has 6 heteroatoms. The largest absolute Gasteiger partial charge is 0.480 e. The second kappa shape index (κ2) is 4.68. The molecule has 0 aromatic carbocycles. The molecule has 0 aromatic heterocycles. The lowest BCUT2D eigenvalue weighted by atomic mass is 9.47. The third-order valence-corrected chi connectivity index (χ3v) is 5.86. The molecular formula is C15H24N2O4. The predicted molar refractivity (Wildman–Crippen MR) is 75.5 cm³/mol. The molecule has 3 fully saturated rings. The summed E-state index contributed by atoms with van der Waals surface area (Å²) < 4.78 is 5.71. The van der Waals surface area contributed by atoms with E-state index in [1.54, 1.807) is 0 Å². The minimum absolute atomic E-state index is 0.0105. The molecule has 0 bridgehead atoms. The average Bonchev–Trinajstić information content (AvgIpc) is 2.94. The van der Waals surface area contributed by atoms with Crippen molar-refractivity contribution < 1.29 is 19.4 Å². The smallest absolute Gasteiger partial charge is 0.326 e. The quantitative estimate of drug-likeness (QED) is 0.778. The van der Waals surface area contributed by atoms with Gasteiger partial charge in [-0.2, -0.15) is 0 Å². The Morgan fingerprint density at radius 1 is 1.29 bits per heavy atom. The van der Waals surface area contributed by atoms with Crippen LogP contribution in [0.5, 0.6) is 0 Å². The number of nitrogens with two attached hydrogens (primary N) is 1. The Labute approximate surface area is 124 Å². The van der Waals surface area contributed by atoms with Crippen LogP contribution in [0.2, 0.25) is 0 Å². The maximum atomic E-state index is 13.1. The molecule has 118 valence electrons. The molecule has 1 aliphatic carbocycles. The molecular weight excluding hydrogens is 272 g/mol. The monoisotopic (exact) mass is 296 g/mol. The zero-order valence-electron chi connectivity index (χ0n) is 12.7. The summed E-state index contributed by atoms with van der Waals surface area (Å²) in [5, 5.41) is 9.37. The summed E-state index contributed by atoms with van der Waals surface area (Å²) in [6.07, 6.45) is 3.00. The van der Waals surface area contributed by atoms with Gasteiger partial charge in [-0.3, -0.25) is 4.79 Å². The molecule has 6 nitrogen and oxygen atoms in total. The second-order valence-corrected chi connectivity index (χ2v) is 7.13. The molecule has 4 atom stereocenters. The number of carboxylic acid groups (broad SMARTS) is 1. The van der Waals surface area contributed by atoms with Gasteiger partial charge in [0.1, 0.15) is 11.6 Å². The number of hydrogen-bond acceptors (Lipinski definition) is 4. The van der Waals surface area contributed by atoms with E-state index in [9.17, 15) is 14.7 Å². The lowest BCUT2D eigenvalue weighted by molar-refractivity contribution is -0.189. The number of fused-ring (bicyclic) bond motifs is 1. The molecule has 21 heavy (non-hydrogen) atoms. The van der Waals surface area contributed by atoms with Crippen molar-refractivity contribution in [2.75, 3.05) is 13.2 Å². The van der Waals surface area contributed by atoms with E-state index in [1.807, 2.05) is 13.8 Å². The molecule has 2 aliphatic heterocycles. The van der Waals surface area contributed by atoms with Crippen molar-refractivity contribution in [3.05, 3.63) is 0 Å². The number of hydrogen-bond donors (Lipinski definition) is 2. The van der Waals surface area contributed by atoms with Crippen LogP contribution in [0.4, 0.5) is 0 Å². The van der Waals surface area contributed by atoms with Crippen LogP contribution in [0.25, 0.3) is 0 Å². The van der Waals surface area contributed by atoms with Crippen molar-refractivity contribution in [2.24, 2.45) is 17.1 Å². The third kappa shape index (κ3) is 1.78. The number of carbonyl (C=O) groups excluding carboxylic acids is 1. The highest BCUT2D eigenvalue weighted by molar-refractivity contribution is 5.93. The fourth-order valence-electron chi connectivity index (χ4n) is 4.49. The van der Waals surface area contributed by atoms with Crippen LogP contribution in [-0.4, -0.2) is 52.7 Å². The minimum atomic E-state index is -1.00. The van der Waals surface area contributed by atoms with Crippen molar-refractivity contribution in [1.82, 2.24) is 4.90 Å². The van der Waals surface area contributed by atoms with Crippen molar-refractivity contribution in [1.29, 1.82) is 0 Å². The van der Waals surface area contributed by atoms with Crippen LogP contribution >= 0.6 is 0 Å². The maximum Gasteiger partial charge on any atom is 0.326 e. The SMILES string of the molecule is CC1(C)C2OCCC2C1(N)C(=O)N1CCCCC1C(=O)O. The molecule has 1 saturated carbocycles. The summed E-state index contributed by atoms with van der Waals surface area (Å²) in [5.41, 5.74) is 5.08. The van der Waals surface area contributed by atoms with E-state index in [2.05, 4.69) is 0 Å². The average molecular weight is 296 g/mol. The summed E-state index contributed by atoms with van der Waals surface area (Å²) in [4.78, 5) is 26.0. The van der Waals surface area contributed by atoms with E-state index in [0.29, 0.717) is 19.6 Å². The maximum absolute atomic E-state index is 13.1. The Morgan fingerprint density at radius 2 is 2.00 bits per heavy atom. The van der Waals surface area contributed by atoms with E-state index < -0.39 is 23.0 Å². The molecule has 3 rings (SSSR count). The normalized spacial score (nSPS) is 41.3. The Hall–Kier alpha value is -1.14. The highest BCUT2D eigenvalue weighted by atomic mass is 16.5. The molecule has 0 spiro atoms. The fraction of sp³-hybridized carbons (Fsp3) is 0.867. The first-order chi connectivity index (χ1) is 9.81. The van der Waals surface area contributed by atoms with Gasteiger partial charge in [0.25, 0.3) is 0 Å². The number of ether oxygens (including phenoxy) is 1. The zero-order chi connectivity index (χ0) is 15.4. The first-order valence-electron chi connectivity index (χ1n) is 7.76. The number of carboxylic acids is 1. The van der Waals surface area contributed by atoms with Crippen molar-refractivity contribution in [2.45, 2.75) is 57.2 Å². The lowest BCUT2D eigenvalue weighted by Gasteiger charge is -2.62. The number of amides is 1. The summed E-state index contributed by atoms with van der Waals surface area (Å²) >= 11 is 0. The molecule has 2 heterocycles. The highest BCUT2D eigenvalue weighted by Crippen LogP contribution is 2.58. The number of likely N-dealkylation sites (tertiary alicyclic amines) is 1. The van der Waals surface area contributed by atoms with E-state index in [1.165, 1.54) is 4.90 Å². The van der Waals surface area contributed by atoms with Gasteiger partial charge in [-0.25, -0.2) is 4.79 Å². The van der Waals surface area contributed by atoms with E-state index in [0.717, 1.165) is 19.3 Å². The van der Waals surface area contributed by atoms with Crippen LogP contribution in [0.1, 0.15) is 39.5 Å². The summed E-state index contributed by atoms with van der Waals surface area (Å²) in [6, 6.07) is -0.733. The molecule has 1 amide bonds. The van der Waals surface area contributed by atoms with E-state index >= 15 is 0 Å². The van der Waals surface area contributed by atoms with Crippen molar-refractivity contribution >= 4 is 11.9 Å². The predicted octanol–water partition coefficient (Wildman–Crippen LogP) is 0.595. The van der Waals surface area contributed by atoms with Crippen LogP contribution in [-0.2, 0) is 14.3 Å². The summed E-state index contributed by atoms with van der Waals surface area (Å²) in [7, 11) is 0. The van der Waals surface area contributed by atoms with Gasteiger partial charge in [0.15, 0.2) is 0 Å². The Morgan fingerprint density at radius 3 is 2.67 bits per heavy atom. The standard InChI is InChI=1S/C15H24N2O4/c1-14(2)11-9(6-8-21-11)15(14,16)13(20)17-7-4-3-5-10(17)12(18)19/h9-11H,3-8,16H2,1-2H3,(H,18,19). The summed E-state index contributed by atoms with van der Waals surface area (Å²) in [5.74, 6) is -1.12. The van der Waals surface area contributed by atoms with Crippen LogP contribution in [0, 0.1) is 11.3 Å². The summed E-state index contributed by atoms with van der Waals surface area (Å²) in [6.45, 7) is 5.03. The highest BCUT2D eigenvalue weighted by Gasteiger charge is 2.72. The molecule has 0 radical (unpaired) electrons. The molecule has 2 saturated heterocycles. The van der Waals surface area contributed by atoms with Crippen LogP contribution < -0.4 is 5.73 Å². The van der Waals surface area contributed by atoms with Gasteiger partial charge in [-0.1, -0.05) is 13.8 Å². The number of nitrogens with zero attached hydrogens (tertiary/aromatic N) is 1. The lowest BCUT2D eigenvalue weighted by Crippen LogP contribution is -2.81. The topological polar surface area (TPSA) is 92.9 Å². The van der Waals surface area contributed by atoms with Gasteiger partial charge in [0.05, 0.1) is 6.10 Å². The second-order valence-electron chi connectivity index (χ2n) is 7.13. The number of piperidine rings is 1. The first kappa shape index (κ1) is 14.8. The van der Waals surface area contributed by atoms with Crippen molar-refractivity contribution in [3.8, 4) is 0 Å². The van der Waals surface area contributed by atoms with Gasteiger partial charge < -0.3 is 20.5 Å². The number of carbonyl (C=O) groups is 2. The van der Waals surface area contributed by atoms with Gasteiger partial charge in [0, 0.05) is 24.5 Å². The number of aliphatic carboxylic acids is 1. The Balaban J connectivity index is 1.88. The van der Waals surface area contributed by atoms with Crippen molar-refractivity contribution in [3.63, 3.8) is 0 Å². The van der Waals surface area contributed by atoms with Gasteiger partial charge in [0.2, 0.25) is 5.91 Å². The first-order valence-corrected chi connectivity index (χ1v) is 7.76. The minimum Gasteiger partial charge on any atom is -0.480 e. The number of rotatable bonds is 2. The molecule has 3 N–H and O–H groups in total. The molecule has 3 aliphatic rings. The van der Waals surface area contributed by atoms with Gasteiger partial charge in [-0.15, -0.1) is 0 Å². The molecule has 4 unspecified atom stereocenters. The Bertz CT molecular complexity index is 478.